The SMILES string of the molecule is CC1(C)c2ccccc2-c2ccc(-c3nc(-c4cc(-c5cc(-c6ccccc6)cc(-c6ccccc6)c5)cc5oc6ccccc6c45)c4oc5ccccc5c4n3)cc21. The van der Waals surface area contributed by atoms with Gasteiger partial charge in [-0.25, -0.2) is 9.97 Å². The molecule has 0 aliphatic heterocycles. The van der Waals surface area contributed by atoms with Crippen LogP contribution in [0, 0.1) is 0 Å². The predicted molar refractivity (Wildman–Crippen MR) is 241 cm³/mol. The third-order valence-corrected chi connectivity index (χ3v) is 12.3. The summed E-state index contributed by atoms with van der Waals surface area (Å²) >= 11 is 0. The lowest BCUT2D eigenvalue weighted by molar-refractivity contribution is 0.660. The summed E-state index contributed by atoms with van der Waals surface area (Å²) < 4.78 is 13.5. The lowest BCUT2D eigenvalue weighted by Crippen LogP contribution is -2.15. The van der Waals surface area contributed by atoms with Crippen LogP contribution in [0.15, 0.2) is 191 Å². The summed E-state index contributed by atoms with van der Waals surface area (Å²) in [5.41, 5.74) is 18.1. The van der Waals surface area contributed by atoms with Gasteiger partial charge >= 0.3 is 0 Å². The highest BCUT2D eigenvalue weighted by Crippen LogP contribution is 2.50. The molecule has 1 aliphatic carbocycles. The summed E-state index contributed by atoms with van der Waals surface area (Å²) in [5.74, 6) is 0.650. The molecule has 0 N–H and O–H groups in total. The highest BCUT2D eigenvalue weighted by molar-refractivity contribution is 6.17. The number of hydrogen-bond acceptors (Lipinski definition) is 4. The molecule has 0 atom stereocenters. The van der Waals surface area contributed by atoms with Crippen LogP contribution >= 0.6 is 0 Å². The van der Waals surface area contributed by atoms with E-state index in [0.717, 1.165) is 88.6 Å². The van der Waals surface area contributed by atoms with Gasteiger partial charge in [-0.05, 0) is 110 Å². The molecule has 0 bridgehead atoms. The number of rotatable bonds is 5. The maximum Gasteiger partial charge on any atom is 0.180 e. The van der Waals surface area contributed by atoms with Gasteiger partial charge < -0.3 is 8.83 Å². The molecule has 0 amide bonds. The van der Waals surface area contributed by atoms with Gasteiger partial charge in [0, 0.05) is 32.7 Å². The first kappa shape index (κ1) is 33.6. The van der Waals surface area contributed by atoms with Crippen LogP contribution in [-0.2, 0) is 5.41 Å². The van der Waals surface area contributed by atoms with Gasteiger partial charge in [0.2, 0.25) is 0 Å². The van der Waals surface area contributed by atoms with Crippen molar-refractivity contribution in [2.45, 2.75) is 19.3 Å². The zero-order chi connectivity index (χ0) is 39.2. The molecule has 4 heteroatoms. The van der Waals surface area contributed by atoms with Crippen molar-refractivity contribution in [3.63, 3.8) is 0 Å². The van der Waals surface area contributed by atoms with Crippen LogP contribution in [0.5, 0.6) is 0 Å². The lowest BCUT2D eigenvalue weighted by atomic mass is 9.82. The molecule has 3 heterocycles. The molecule has 0 fully saturated rings. The van der Waals surface area contributed by atoms with Crippen LogP contribution in [0.3, 0.4) is 0 Å². The predicted octanol–water partition coefficient (Wildman–Crippen LogP) is 14.9. The van der Waals surface area contributed by atoms with E-state index in [1.807, 2.05) is 30.3 Å². The fraction of sp³-hybridized carbons (Fsp3) is 0.0545. The van der Waals surface area contributed by atoms with Gasteiger partial charge in [-0.15, -0.1) is 0 Å². The minimum Gasteiger partial charge on any atom is -0.456 e. The van der Waals surface area contributed by atoms with E-state index in [1.165, 1.54) is 22.3 Å². The van der Waals surface area contributed by atoms with Crippen molar-refractivity contribution in [2.24, 2.45) is 0 Å². The van der Waals surface area contributed by atoms with Crippen LogP contribution in [-0.4, -0.2) is 9.97 Å². The van der Waals surface area contributed by atoms with E-state index in [-0.39, 0.29) is 5.41 Å². The standard InChI is InChI=1S/C55H36N2O2/c1-55(2)45-22-12-9-19-40(45)41-26-25-35(31-46(41)55)54-56-51-43-21-11-14-24-48(43)59-53(51)52(57-54)44-30-39(32-49-50(44)42-20-10-13-23-47(42)58-49)38-28-36(33-15-5-3-6-16-33)27-37(29-38)34-17-7-4-8-18-34/h3-32H,1-2H3. The number of benzene rings is 8. The molecule has 4 nitrogen and oxygen atoms in total. The van der Waals surface area contributed by atoms with Gasteiger partial charge in [-0.2, -0.15) is 0 Å². The topological polar surface area (TPSA) is 52.1 Å². The largest absolute Gasteiger partial charge is 0.456 e. The van der Waals surface area contributed by atoms with Gasteiger partial charge in [-0.3, -0.25) is 0 Å². The Morgan fingerprint density at radius 1 is 0.390 bits per heavy atom. The van der Waals surface area contributed by atoms with E-state index in [0.29, 0.717) is 11.4 Å². The van der Waals surface area contributed by atoms with Crippen molar-refractivity contribution < 1.29 is 8.83 Å². The van der Waals surface area contributed by atoms with Crippen molar-refractivity contribution >= 4 is 44.0 Å². The van der Waals surface area contributed by atoms with E-state index in [2.05, 4.69) is 166 Å². The molecular formula is C55H36N2O2. The molecule has 12 rings (SSSR count). The maximum atomic E-state index is 6.76. The first-order valence-electron chi connectivity index (χ1n) is 20.1. The molecule has 0 saturated carbocycles. The highest BCUT2D eigenvalue weighted by atomic mass is 16.3. The second-order valence-electron chi connectivity index (χ2n) is 16.1. The summed E-state index contributed by atoms with van der Waals surface area (Å²) in [5, 5.41) is 2.96. The maximum absolute atomic E-state index is 6.76. The van der Waals surface area contributed by atoms with Crippen LogP contribution in [0.2, 0.25) is 0 Å². The first-order chi connectivity index (χ1) is 29.0. The van der Waals surface area contributed by atoms with Crippen molar-refractivity contribution in [1.29, 1.82) is 0 Å². The number of para-hydroxylation sites is 2. The zero-order valence-corrected chi connectivity index (χ0v) is 32.5. The summed E-state index contributed by atoms with van der Waals surface area (Å²) in [6, 6.07) is 64.3. The molecule has 11 aromatic rings. The molecule has 8 aromatic carbocycles. The molecule has 278 valence electrons. The number of hydrogen-bond donors (Lipinski definition) is 0. The number of nitrogens with zero attached hydrogens (tertiary/aromatic N) is 2. The van der Waals surface area contributed by atoms with Crippen molar-refractivity contribution in [3.05, 3.63) is 193 Å². The number of aromatic nitrogens is 2. The smallest absolute Gasteiger partial charge is 0.180 e. The Morgan fingerprint density at radius 3 is 1.69 bits per heavy atom. The first-order valence-corrected chi connectivity index (χ1v) is 20.1. The second-order valence-corrected chi connectivity index (χ2v) is 16.1. The molecule has 0 unspecified atom stereocenters. The van der Waals surface area contributed by atoms with E-state index in [9.17, 15) is 0 Å². The molecular weight excluding hydrogens is 721 g/mol. The highest BCUT2D eigenvalue weighted by Gasteiger charge is 2.35. The van der Waals surface area contributed by atoms with Crippen molar-refractivity contribution in [3.8, 4) is 67.2 Å². The minimum atomic E-state index is -0.166. The Labute approximate surface area is 341 Å². The molecule has 0 radical (unpaired) electrons. The average Bonchev–Trinajstić information content (AvgIpc) is 3.94. The van der Waals surface area contributed by atoms with Crippen molar-refractivity contribution in [1.82, 2.24) is 9.97 Å². The van der Waals surface area contributed by atoms with E-state index < -0.39 is 0 Å². The third kappa shape index (κ3) is 5.23. The molecule has 0 spiro atoms. The summed E-state index contributed by atoms with van der Waals surface area (Å²) in [6.07, 6.45) is 0. The zero-order valence-electron chi connectivity index (χ0n) is 32.5. The normalized spacial score (nSPS) is 13.1. The van der Waals surface area contributed by atoms with Gasteiger partial charge in [0.05, 0.1) is 0 Å². The number of fused-ring (bicyclic) bond motifs is 9. The monoisotopic (exact) mass is 756 g/mol. The van der Waals surface area contributed by atoms with Gasteiger partial charge in [0.15, 0.2) is 11.4 Å². The Morgan fingerprint density at radius 2 is 0.966 bits per heavy atom. The van der Waals surface area contributed by atoms with Gasteiger partial charge in [-0.1, -0.05) is 141 Å². The third-order valence-electron chi connectivity index (χ3n) is 12.3. The molecule has 0 saturated heterocycles. The van der Waals surface area contributed by atoms with E-state index in [1.54, 1.807) is 0 Å². The minimum absolute atomic E-state index is 0.166. The van der Waals surface area contributed by atoms with E-state index in [4.69, 9.17) is 18.8 Å². The number of furan rings is 2. The fourth-order valence-electron chi connectivity index (χ4n) is 9.34. The average molecular weight is 757 g/mol. The van der Waals surface area contributed by atoms with Crippen LogP contribution < -0.4 is 0 Å². The Balaban J connectivity index is 1.14. The Kier molecular flexibility index (Phi) is 7.24. The molecule has 59 heavy (non-hydrogen) atoms. The quantitative estimate of drug-likeness (QED) is 0.175. The summed E-state index contributed by atoms with van der Waals surface area (Å²) in [6.45, 7) is 4.62. The molecule has 1 aliphatic rings. The Bertz CT molecular complexity index is 3410. The fourth-order valence-corrected chi connectivity index (χ4v) is 9.34. The lowest BCUT2D eigenvalue weighted by Gasteiger charge is -2.21. The van der Waals surface area contributed by atoms with Gasteiger partial charge in [0.1, 0.15) is 28.0 Å². The molecule has 3 aromatic heterocycles. The summed E-state index contributed by atoms with van der Waals surface area (Å²) in [7, 11) is 0. The van der Waals surface area contributed by atoms with Gasteiger partial charge in [0.25, 0.3) is 0 Å². The Hall–Kier alpha value is -7.56. The van der Waals surface area contributed by atoms with Crippen LogP contribution in [0.25, 0.3) is 111 Å². The van der Waals surface area contributed by atoms with E-state index >= 15 is 0 Å². The van der Waals surface area contributed by atoms with Crippen molar-refractivity contribution in [2.75, 3.05) is 0 Å². The summed E-state index contributed by atoms with van der Waals surface area (Å²) in [4.78, 5) is 10.8. The van der Waals surface area contributed by atoms with Crippen LogP contribution in [0.4, 0.5) is 0 Å². The second kappa shape index (κ2) is 12.7. The van der Waals surface area contributed by atoms with Crippen LogP contribution in [0.1, 0.15) is 25.0 Å².